The number of benzene rings is 2. The average molecular weight is 492 g/mol. The highest BCUT2D eigenvalue weighted by molar-refractivity contribution is 8.26. The Hall–Kier alpha value is -2.68. The maximum absolute atomic E-state index is 12.5. The van der Waals surface area contributed by atoms with Gasteiger partial charge in [0.1, 0.15) is 29.0 Å². The van der Waals surface area contributed by atoms with Crippen molar-refractivity contribution in [1.82, 2.24) is 4.90 Å². The third kappa shape index (κ3) is 5.76. The first-order valence-electron chi connectivity index (χ1n) is 9.60. The third-order valence-corrected chi connectivity index (χ3v) is 6.05. The highest BCUT2D eigenvalue weighted by Gasteiger charge is 2.31. The zero-order valence-corrected chi connectivity index (χ0v) is 20.0. The minimum atomic E-state index is -0.161. The number of methoxy groups -OCH3 is 2. The number of nitrogens with zero attached hydrogens (tertiary/aromatic N) is 1. The highest BCUT2D eigenvalue weighted by Crippen LogP contribution is 2.39. The van der Waals surface area contributed by atoms with Gasteiger partial charge in [0.05, 0.1) is 24.1 Å². The molecule has 32 heavy (non-hydrogen) atoms. The normalized spacial score (nSPS) is 14.6. The molecule has 0 unspecified atom stereocenters. The van der Waals surface area contributed by atoms with E-state index >= 15 is 0 Å². The van der Waals surface area contributed by atoms with Crippen LogP contribution in [0.2, 0.25) is 5.02 Å². The number of carbonyl (C=O) groups excluding carboxylic acids is 1. The Labute approximate surface area is 201 Å². The first-order chi connectivity index (χ1) is 15.5. The Kier molecular flexibility index (Phi) is 8.44. The predicted molar refractivity (Wildman–Crippen MR) is 132 cm³/mol. The lowest BCUT2D eigenvalue weighted by Gasteiger charge is -2.14. The SMILES string of the molecule is C=CCN1C(=O)/C(=C/c2cc(Cl)c(OCCOc3ccc(OC)cc3)c(OC)c2)SC1=S. The predicted octanol–water partition coefficient (Wildman–Crippen LogP) is 5.20. The van der Waals surface area contributed by atoms with E-state index in [0.717, 1.165) is 5.75 Å². The van der Waals surface area contributed by atoms with Gasteiger partial charge in [0.2, 0.25) is 0 Å². The van der Waals surface area contributed by atoms with Crippen molar-refractivity contribution in [2.75, 3.05) is 34.0 Å². The van der Waals surface area contributed by atoms with E-state index in [2.05, 4.69) is 6.58 Å². The Morgan fingerprint density at radius 3 is 2.44 bits per heavy atom. The topological polar surface area (TPSA) is 57.2 Å². The van der Waals surface area contributed by atoms with Crippen LogP contribution in [0.5, 0.6) is 23.0 Å². The lowest BCUT2D eigenvalue weighted by molar-refractivity contribution is -0.121. The van der Waals surface area contributed by atoms with Crippen LogP contribution in [0.3, 0.4) is 0 Å². The summed E-state index contributed by atoms with van der Waals surface area (Å²) >= 11 is 12.9. The van der Waals surface area contributed by atoms with E-state index in [1.807, 2.05) is 24.3 Å². The van der Waals surface area contributed by atoms with E-state index in [0.29, 0.717) is 50.2 Å². The molecule has 3 rings (SSSR count). The quantitative estimate of drug-likeness (QED) is 0.196. The molecule has 2 aromatic carbocycles. The second kappa shape index (κ2) is 11.3. The Bertz CT molecular complexity index is 1040. The number of rotatable bonds is 10. The van der Waals surface area contributed by atoms with Crippen molar-refractivity contribution >= 4 is 51.9 Å². The van der Waals surface area contributed by atoms with Gasteiger partial charge in [0.25, 0.3) is 5.91 Å². The zero-order valence-electron chi connectivity index (χ0n) is 17.6. The second-order valence-electron chi connectivity index (χ2n) is 6.49. The fraction of sp³-hybridized carbons (Fsp3) is 0.217. The number of thioether (sulfide) groups is 1. The molecule has 0 saturated carbocycles. The van der Waals surface area contributed by atoms with E-state index in [-0.39, 0.29) is 12.5 Å². The van der Waals surface area contributed by atoms with Crippen LogP contribution >= 0.6 is 35.6 Å². The summed E-state index contributed by atoms with van der Waals surface area (Å²) < 4.78 is 22.5. The number of thiocarbonyl (C=S) groups is 1. The Morgan fingerprint density at radius 2 is 1.78 bits per heavy atom. The molecule has 0 radical (unpaired) electrons. The molecular formula is C23H22ClNO5S2. The van der Waals surface area contributed by atoms with Gasteiger partial charge in [-0.3, -0.25) is 9.69 Å². The minimum absolute atomic E-state index is 0.161. The van der Waals surface area contributed by atoms with Gasteiger partial charge in [-0.1, -0.05) is 41.7 Å². The first kappa shape index (κ1) is 24.0. The standard InChI is InChI=1S/C23H22ClNO5S2/c1-4-9-25-22(26)20(32-23(25)31)14-15-12-18(24)21(19(13-15)28-3)30-11-10-29-17-7-5-16(27-2)6-8-17/h4-8,12-14H,1,9-11H2,2-3H3/b20-14-. The van der Waals surface area contributed by atoms with Gasteiger partial charge < -0.3 is 18.9 Å². The van der Waals surface area contributed by atoms with Crippen LogP contribution in [0.1, 0.15) is 5.56 Å². The molecule has 1 amide bonds. The lowest BCUT2D eigenvalue weighted by Crippen LogP contribution is -2.27. The zero-order chi connectivity index (χ0) is 23.1. The molecule has 0 N–H and O–H groups in total. The summed E-state index contributed by atoms with van der Waals surface area (Å²) in [6.07, 6.45) is 3.37. The van der Waals surface area contributed by atoms with Crippen LogP contribution in [-0.4, -0.2) is 49.1 Å². The molecule has 2 aromatic rings. The Balaban J connectivity index is 1.66. The fourth-order valence-corrected chi connectivity index (χ4v) is 4.42. The van der Waals surface area contributed by atoms with Crippen molar-refractivity contribution in [2.24, 2.45) is 0 Å². The summed E-state index contributed by atoms with van der Waals surface area (Å²) in [6.45, 7) is 4.61. The van der Waals surface area contributed by atoms with E-state index in [1.165, 1.54) is 23.8 Å². The number of carbonyl (C=O) groups is 1. The summed E-state index contributed by atoms with van der Waals surface area (Å²) in [4.78, 5) is 14.5. The molecule has 0 spiro atoms. The van der Waals surface area contributed by atoms with Crippen LogP contribution in [-0.2, 0) is 4.79 Å². The molecule has 1 saturated heterocycles. The molecule has 1 aliphatic rings. The molecule has 0 aliphatic carbocycles. The van der Waals surface area contributed by atoms with Crippen molar-refractivity contribution in [3.05, 3.63) is 64.5 Å². The van der Waals surface area contributed by atoms with Gasteiger partial charge in [-0.2, -0.15) is 0 Å². The first-order valence-corrected chi connectivity index (χ1v) is 11.2. The summed E-state index contributed by atoms with van der Waals surface area (Å²) in [7, 11) is 3.14. The van der Waals surface area contributed by atoms with Gasteiger partial charge in [0.15, 0.2) is 11.5 Å². The van der Waals surface area contributed by atoms with Crippen LogP contribution in [0.25, 0.3) is 6.08 Å². The number of amides is 1. The summed E-state index contributed by atoms with van der Waals surface area (Å²) in [5.74, 6) is 2.16. The summed E-state index contributed by atoms with van der Waals surface area (Å²) in [6, 6.07) is 10.7. The van der Waals surface area contributed by atoms with Gasteiger partial charge in [-0.15, -0.1) is 6.58 Å². The van der Waals surface area contributed by atoms with Crippen LogP contribution in [0.15, 0.2) is 54.0 Å². The summed E-state index contributed by atoms with van der Waals surface area (Å²) in [5, 5.41) is 0.363. The van der Waals surface area contributed by atoms with Crippen LogP contribution < -0.4 is 18.9 Å². The van der Waals surface area contributed by atoms with Crippen molar-refractivity contribution in [3.8, 4) is 23.0 Å². The van der Waals surface area contributed by atoms with Crippen molar-refractivity contribution in [3.63, 3.8) is 0 Å². The molecule has 0 aromatic heterocycles. The molecule has 1 aliphatic heterocycles. The van der Waals surface area contributed by atoms with Crippen molar-refractivity contribution in [1.29, 1.82) is 0 Å². The number of hydrogen-bond donors (Lipinski definition) is 0. The average Bonchev–Trinajstić information content (AvgIpc) is 3.05. The molecule has 9 heteroatoms. The molecule has 1 fully saturated rings. The fourth-order valence-electron chi connectivity index (χ4n) is 2.88. The van der Waals surface area contributed by atoms with E-state index in [1.54, 1.807) is 31.4 Å². The van der Waals surface area contributed by atoms with Gasteiger partial charge in [-0.05, 0) is 48.0 Å². The van der Waals surface area contributed by atoms with E-state index < -0.39 is 0 Å². The molecule has 0 bridgehead atoms. The minimum Gasteiger partial charge on any atom is -0.497 e. The van der Waals surface area contributed by atoms with Gasteiger partial charge in [0, 0.05) is 6.54 Å². The van der Waals surface area contributed by atoms with Crippen LogP contribution in [0, 0.1) is 0 Å². The largest absolute Gasteiger partial charge is 0.497 e. The molecular weight excluding hydrogens is 470 g/mol. The van der Waals surface area contributed by atoms with E-state index in [9.17, 15) is 4.79 Å². The lowest BCUT2D eigenvalue weighted by atomic mass is 10.1. The van der Waals surface area contributed by atoms with Gasteiger partial charge >= 0.3 is 0 Å². The van der Waals surface area contributed by atoms with Crippen molar-refractivity contribution in [2.45, 2.75) is 0 Å². The molecule has 168 valence electrons. The van der Waals surface area contributed by atoms with E-state index in [4.69, 9.17) is 42.8 Å². The van der Waals surface area contributed by atoms with Gasteiger partial charge in [-0.25, -0.2) is 0 Å². The maximum Gasteiger partial charge on any atom is 0.266 e. The maximum atomic E-state index is 12.5. The van der Waals surface area contributed by atoms with Crippen molar-refractivity contribution < 1.29 is 23.7 Å². The second-order valence-corrected chi connectivity index (χ2v) is 8.57. The number of ether oxygens (including phenoxy) is 4. The Morgan fingerprint density at radius 1 is 1.09 bits per heavy atom. The van der Waals surface area contributed by atoms with Crippen LogP contribution in [0.4, 0.5) is 0 Å². The highest BCUT2D eigenvalue weighted by atomic mass is 35.5. The summed E-state index contributed by atoms with van der Waals surface area (Å²) in [5.41, 5.74) is 0.702. The number of halogens is 1. The smallest absolute Gasteiger partial charge is 0.266 e. The number of hydrogen-bond acceptors (Lipinski definition) is 7. The molecule has 0 atom stereocenters. The molecule has 1 heterocycles. The monoisotopic (exact) mass is 491 g/mol. The third-order valence-electron chi connectivity index (χ3n) is 4.39. The molecule has 6 nitrogen and oxygen atoms in total.